The highest BCUT2D eigenvalue weighted by Crippen LogP contribution is 2.23. The quantitative estimate of drug-likeness (QED) is 0.357. The van der Waals surface area contributed by atoms with Crippen molar-refractivity contribution >= 4 is 0 Å². The van der Waals surface area contributed by atoms with E-state index >= 15 is 0 Å². The van der Waals surface area contributed by atoms with Crippen molar-refractivity contribution in [2.24, 2.45) is 11.8 Å². The van der Waals surface area contributed by atoms with Gasteiger partial charge in [-0.1, -0.05) is 45.3 Å². The number of hydrogen-bond acceptors (Lipinski definition) is 2. The van der Waals surface area contributed by atoms with E-state index in [0.29, 0.717) is 12.0 Å². The largest absolute Gasteiger partial charge is 0.271 e. The number of hydrazine groups is 1. The molecule has 0 aromatic heterocycles. The molecule has 0 aromatic rings. The first-order valence-corrected chi connectivity index (χ1v) is 5.81. The Bertz CT molecular complexity index is 154. The number of hydrogen-bond donors (Lipinski definition) is 2. The lowest BCUT2D eigenvalue weighted by atomic mass is 9.86. The van der Waals surface area contributed by atoms with Crippen LogP contribution in [0.4, 0.5) is 0 Å². The lowest BCUT2D eigenvalue weighted by molar-refractivity contribution is 0.386. The summed E-state index contributed by atoms with van der Waals surface area (Å²) in [6.07, 6.45) is 6.02. The van der Waals surface area contributed by atoms with E-state index in [1.54, 1.807) is 0 Å². The van der Waals surface area contributed by atoms with Crippen LogP contribution in [0.1, 0.15) is 52.9 Å². The molecule has 0 heterocycles. The monoisotopic (exact) mass is 198 g/mol. The Morgan fingerprint density at radius 3 is 2.43 bits per heavy atom. The SMILES string of the molecule is C=C(CCC)C(CCCC)C(C)NN. The maximum Gasteiger partial charge on any atom is 0.0247 e. The van der Waals surface area contributed by atoms with Gasteiger partial charge >= 0.3 is 0 Å². The maximum absolute atomic E-state index is 5.49. The van der Waals surface area contributed by atoms with Crippen LogP contribution in [0.5, 0.6) is 0 Å². The molecule has 0 bridgehead atoms. The van der Waals surface area contributed by atoms with E-state index in [2.05, 4.69) is 32.8 Å². The predicted molar refractivity (Wildman–Crippen MR) is 63.8 cm³/mol. The zero-order valence-electron chi connectivity index (χ0n) is 9.97. The average molecular weight is 198 g/mol. The molecule has 0 aromatic carbocycles. The second-order valence-corrected chi connectivity index (χ2v) is 4.11. The van der Waals surface area contributed by atoms with Gasteiger partial charge in [0.2, 0.25) is 0 Å². The summed E-state index contributed by atoms with van der Waals surface area (Å²) >= 11 is 0. The highest BCUT2D eigenvalue weighted by molar-refractivity contribution is 5.03. The average Bonchev–Trinajstić information content (AvgIpc) is 2.18. The fourth-order valence-electron chi connectivity index (χ4n) is 1.85. The summed E-state index contributed by atoms with van der Waals surface area (Å²) in [5.41, 5.74) is 4.21. The van der Waals surface area contributed by atoms with Crippen LogP contribution >= 0.6 is 0 Å². The third-order valence-electron chi connectivity index (χ3n) is 2.83. The Morgan fingerprint density at radius 1 is 1.36 bits per heavy atom. The van der Waals surface area contributed by atoms with Crippen molar-refractivity contribution in [1.29, 1.82) is 0 Å². The molecule has 0 aliphatic heterocycles. The third-order valence-corrected chi connectivity index (χ3v) is 2.83. The molecule has 0 amide bonds. The summed E-state index contributed by atoms with van der Waals surface area (Å²) in [5, 5.41) is 0. The van der Waals surface area contributed by atoms with E-state index in [0.717, 1.165) is 6.42 Å². The molecule has 0 saturated carbocycles. The standard InChI is InChI=1S/C12H26N2/c1-5-7-9-12(11(4)14-13)10(3)8-6-2/h11-12,14H,3,5-9,13H2,1-2,4H3. The van der Waals surface area contributed by atoms with Gasteiger partial charge in [0.05, 0.1) is 0 Å². The van der Waals surface area contributed by atoms with Crippen LogP contribution < -0.4 is 11.3 Å². The Balaban J connectivity index is 4.15. The lowest BCUT2D eigenvalue weighted by Crippen LogP contribution is -2.39. The van der Waals surface area contributed by atoms with Crippen LogP contribution in [-0.4, -0.2) is 6.04 Å². The minimum absolute atomic E-state index is 0.348. The number of nitrogens with one attached hydrogen (secondary N) is 1. The van der Waals surface area contributed by atoms with Crippen LogP contribution in [0, 0.1) is 5.92 Å². The highest BCUT2D eigenvalue weighted by Gasteiger charge is 2.17. The Labute approximate surface area is 88.9 Å². The second-order valence-electron chi connectivity index (χ2n) is 4.11. The zero-order valence-corrected chi connectivity index (χ0v) is 9.97. The van der Waals surface area contributed by atoms with Gasteiger partial charge < -0.3 is 0 Å². The molecule has 84 valence electrons. The highest BCUT2D eigenvalue weighted by atomic mass is 15.2. The van der Waals surface area contributed by atoms with Crippen LogP contribution in [-0.2, 0) is 0 Å². The summed E-state index contributed by atoms with van der Waals surface area (Å²) in [6, 6.07) is 0.348. The van der Waals surface area contributed by atoms with Crippen molar-refractivity contribution in [3.8, 4) is 0 Å². The Morgan fingerprint density at radius 2 is 2.00 bits per heavy atom. The van der Waals surface area contributed by atoms with Gasteiger partial charge in [-0.15, -0.1) is 0 Å². The van der Waals surface area contributed by atoms with Crippen LogP contribution in [0.2, 0.25) is 0 Å². The van der Waals surface area contributed by atoms with Gasteiger partial charge in [0, 0.05) is 6.04 Å². The first-order valence-electron chi connectivity index (χ1n) is 5.81. The van der Waals surface area contributed by atoms with Crippen LogP contribution in [0.3, 0.4) is 0 Å². The molecule has 2 nitrogen and oxygen atoms in total. The first-order chi connectivity index (χ1) is 6.67. The van der Waals surface area contributed by atoms with Crippen molar-refractivity contribution in [3.05, 3.63) is 12.2 Å². The molecular formula is C12H26N2. The summed E-state index contributed by atoms with van der Waals surface area (Å²) in [6.45, 7) is 10.7. The Hall–Kier alpha value is -0.340. The zero-order chi connectivity index (χ0) is 11.0. The summed E-state index contributed by atoms with van der Waals surface area (Å²) < 4.78 is 0. The van der Waals surface area contributed by atoms with Gasteiger partial charge in [0.1, 0.15) is 0 Å². The number of unbranched alkanes of at least 4 members (excludes halogenated alkanes) is 1. The molecule has 0 saturated heterocycles. The van der Waals surface area contributed by atoms with Crippen molar-refractivity contribution in [3.63, 3.8) is 0 Å². The Kier molecular flexibility index (Phi) is 7.81. The van der Waals surface area contributed by atoms with Gasteiger partial charge in [-0.25, -0.2) is 0 Å². The fraction of sp³-hybridized carbons (Fsp3) is 0.833. The normalized spacial score (nSPS) is 15.1. The molecule has 0 rings (SSSR count). The maximum atomic E-state index is 5.49. The summed E-state index contributed by atoms with van der Waals surface area (Å²) in [4.78, 5) is 0. The molecule has 0 spiro atoms. The number of nitrogens with two attached hydrogens (primary N) is 1. The van der Waals surface area contributed by atoms with E-state index in [4.69, 9.17) is 5.84 Å². The van der Waals surface area contributed by atoms with E-state index in [1.165, 1.54) is 31.3 Å². The molecule has 0 aliphatic rings. The van der Waals surface area contributed by atoms with Crippen molar-refractivity contribution in [1.82, 2.24) is 5.43 Å². The molecule has 2 atom stereocenters. The molecule has 14 heavy (non-hydrogen) atoms. The molecule has 2 unspecified atom stereocenters. The van der Waals surface area contributed by atoms with Crippen LogP contribution in [0.25, 0.3) is 0 Å². The topological polar surface area (TPSA) is 38.0 Å². The van der Waals surface area contributed by atoms with E-state index in [9.17, 15) is 0 Å². The lowest BCUT2D eigenvalue weighted by Gasteiger charge is -2.25. The van der Waals surface area contributed by atoms with Crippen molar-refractivity contribution in [2.75, 3.05) is 0 Å². The minimum atomic E-state index is 0.348. The fourth-order valence-corrected chi connectivity index (χ4v) is 1.85. The van der Waals surface area contributed by atoms with E-state index in [-0.39, 0.29) is 0 Å². The second kappa shape index (κ2) is 8.01. The van der Waals surface area contributed by atoms with Gasteiger partial charge in [-0.05, 0) is 25.7 Å². The first kappa shape index (κ1) is 13.7. The van der Waals surface area contributed by atoms with Gasteiger partial charge in [-0.2, -0.15) is 0 Å². The number of rotatable bonds is 8. The summed E-state index contributed by atoms with van der Waals surface area (Å²) in [5.74, 6) is 6.03. The van der Waals surface area contributed by atoms with Crippen molar-refractivity contribution in [2.45, 2.75) is 58.9 Å². The van der Waals surface area contributed by atoms with Gasteiger partial charge in [0.25, 0.3) is 0 Å². The molecule has 3 N–H and O–H groups in total. The smallest absolute Gasteiger partial charge is 0.0247 e. The molecule has 0 radical (unpaired) electrons. The molecule has 0 fully saturated rings. The summed E-state index contributed by atoms with van der Waals surface area (Å²) in [7, 11) is 0. The van der Waals surface area contributed by atoms with Gasteiger partial charge in [0.15, 0.2) is 0 Å². The van der Waals surface area contributed by atoms with Crippen molar-refractivity contribution < 1.29 is 0 Å². The minimum Gasteiger partial charge on any atom is -0.271 e. The van der Waals surface area contributed by atoms with E-state index < -0.39 is 0 Å². The van der Waals surface area contributed by atoms with E-state index in [1.807, 2.05) is 0 Å². The van der Waals surface area contributed by atoms with Crippen LogP contribution in [0.15, 0.2) is 12.2 Å². The predicted octanol–water partition coefficient (Wildman–Crippen LogP) is 3.00. The molecular weight excluding hydrogens is 172 g/mol. The van der Waals surface area contributed by atoms with Gasteiger partial charge in [-0.3, -0.25) is 11.3 Å². The molecule has 0 aliphatic carbocycles. The molecule has 2 heteroatoms. The third kappa shape index (κ3) is 4.77.